The van der Waals surface area contributed by atoms with Crippen LogP contribution in [0.1, 0.15) is 24.2 Å². The van der Waals surface area contributed by atoms with Crippen LogP contribution in [0.15, 0.2) is 52.7 Å². The Balaban J connectivity index is 1.57. The van der Waals surface area contributed by atoms with E-state index in [-0.39, 0.29) is 26.7 Å². The fraction of sp³-hybridized carbons (Fsp3) is 0.217. The first-order valence-electron chi connectivity index (χ1n) is 11.4. The van der Waals surface area contributed by atoms with Crippen molar-refractivity contribution in [2.45, 2.75) is 19.2 Å². The summed E-state index contributed by atoms with van der Waals surface area (Å²) in [6.07, 6.45) is 0. The molecule has 1 saturated heterocycles. The van der Waals surface area contributed by atoms with Crippen LogP contribution >= 0.6 is 47.2 Å². The number of ether oxygens (including phenoxy) is 2. The van der Waals surface area contributed by atoms with Gasteiger partial charge in [0, 0.05) is 17.7 Å². The van der Waals surface area contributed by atoms with Crippen LogP contribution in [0.5, 0.6) is 11.5 Å². The summed E-state index contributed by atoms with van der Waals surface area (Å²) in [4.78, 5) is 37.1. The van der Waals surface area contributed by atoms with Gasteiger partial charge < -0.3 is 14.8 Å². The van der Waals surface area contributed by atoms with Gasteiger partial charge in [-0.15, -0.1) is 0 Å². The number of rotatable bonds is 10. The van der Waals surface area contributed by atoms with Crippen molar-refractivity contribution in [1.29, 1.82) is 0 Å². The molecule has 1 aliphatic heterocycles. The summed E-state index contributed by atoms with van der Waals surface area (Å²) in [5.41, 5.74) is 3.82. The average Bonchev–Trinajstić information content (AvgIpc) is 3.17. The molecule has 1 aromatic heterocycles. The monoisotopic (exact) mass is 606 g/mol. The number of hydrogen-bond donors (Lipinski definition) is 2. The van der Waals surface area contributed by atoms with E-state index in [0.29, 0.717) is 41.7 Å². The lowest BCUT2D eigenvalue weighted by Crippen LogP contribution is -2.36. The van der Waals surface area contributed by atoms with E-state index in [0.717, 1.165) is 16.8 Å². The zero-order chi connectivity index (χ0) is 27.9. The topological polar surface area (TPSA) is 143 Å². The fourth-order valence-corrected chi connectivity index (χ4v) is 4.72. The van der Waals surface area contributed by atoms with Gasteiger partial charge in [-0.05, 0) is 49.2 Å². The zero-order valence-corrected chi connectivity index (χ0v) is 23.6. The number of hydrazine groups is 1. The number of thioether (sulfide) groups is 1. The normalized spacial score (nSPS) is 15.1. The molecule has 0 saturated carbocycles. The predicted molar refractivity (Wildman–Crippen MR) is 152 cm³/mol. The van der Waals surface area contributed by atoms with Crippen molar-refractivity contribution in [1.82, 2.24) is 20.0 Å². The van der Waals surface area contributed by atoms with E-state index in [2.05, 4.69) is 35.9 Å². The molecule has 16 heteroatoms. The molecule has 1 atom stereocenters. The van der Waals surface area contributed by atoms with Gasteiger partial charge in [0.1, 0.15) is 17.2 Å². The van der Waals surface area contributed by atoms with E-state index in [1.54, 1.807) is 43.3 Å². The Morgan fingerprint density at radius 3 is 2.41 bits per heavy atom. The predicted octanol–water partition coefficient (Wildman–Crippen LogP) is 5.53. The van der Waals surface area contributed by atoms with E-state index in [9.17, 15) is 9.59 Å². The lowest BCUT2D eigenvalue weighted by molar-refractivity contribution is -0.125. The van der Waals surface area contributed by atoms with Gasteiger partial charge in [0.2, 0.25) is 21.9 Å². The van der Waals surface area contributed by atoms with Crippen molar-refractivity contribution < 1.29 is 19.1 Å². The van der Waals surface area contributed by atoms with E-state index in [4.69, 9.17) is 44.9 Å². The molecule has 1 unspecified atom stereocenters. The summed E-state index contributed by atoms with van der Waals surface area (Å²) in [7, 11) is 0. The van der Waals surface area contributed by atoms with E-state index in [1.165, 1.54) is 0 Å². The van der Waals surface area contributed by atoms with Gasteiger partial charge in [0.15, 0.2) is 4.32 Å². The highest BCUT2D eigenvalue weighted by molar-refractivity contribution is 8.24. The highest BCUT2D eigenvalue weighted by Crippen LogP contribution is 2.40. The maximum Gasteiger partial charge on any atom is 0.284 e. The first kappa shape index (κ1) is 28.4. The summed E-state index contributed by atoms with van der Waals surface area (Å²) in [5, 5.41) is 11.0. The van der Waals surface area contributed by atoms with E-state index < -0.39 is 11.3 Å². The highest BCUT2D eigenvalue weighted by Gasteiger charge is 2.38. The lowest BCUT2D eigenvalue weighted by Gasteiger charge is -2.16. The first-order valence-corrected chi connectivity index (χ1v) is 13.4. The van der Waals surface area contributed by atoms with Crippen molar-refractivity contribution in [3.8, 4) is 11.5 Å². The number of azo groups is 1. The Kier molecular flexibility index (Phi) is 9.45. The third kappa shape index (κ3) is 7.09. The standard InChI is InChI=1S/C23H20Cl2N8O4S2/c1-3-36-15-11-14(16(37-4-2)10-13(15)26-17(34)12-8-6-5-7-9-12)30-31-18-19(35)33(23(38)39-18)32-22-28-20(24)27-21(25)29-22/h5-11,18H,3-4H2,1-2H3,(H,26,34)(H,27,28,29,32). The molecular weight excluding hydrogens is 587 g/mol. The summed E-state index contributed by atoms with van der Waals surface area (Å²) >= 11 is 17.9. The Bertz CT molecular complexity index is 1410. The number of halogens is 2. The molecule has 0 bridgehead atoms. The molecule has 12 nitrogen and oxygen atoms in total. The second-order valence-corrected chi connectivity index (χ2v) is 9.83. The minimum absolute atomic E-state index is 0.0676. The smallest absolute Gasteiger partial charge is 0.284 e. The molecule has 0 radical (unpaired) electrons. The summed E-state index contributed by atoms with van der Waals surface area (Å²) in [6, 6.07) is 11.9. The van der Waals surface area contributed by atoms with Crippen LogP contribution in [0.3, 0.4) is 0 Å². The number of nitrogens with zero attached hydrogens (tertiary/aromatic N) is 6. The van der Waals surface area contributed by atoms with Crippen molar-refractivity contribution in [3.63, 3.8) is 0 Å². The molecule has 202 valence electrons. The molecule has 2 amide bonds. The fourth-order valence-electron chi connectivity index (χ4n) is 3.22. The maximum absolute atomic E-state index is 13.0. The van der Waals surface area contributed by atoms with E-state index in [1.807, 2.05) is 13.0 Å². The third-order valence-corrected chi connectivity index (χ3v) is 6.55. The van der Waals surface area contributed by atoms with Gasteiger partial charge in [0.05, 0.1) is 18.9 Å². The number of hydrogen-bond acceptors (Lipinski definition) is 12. The zero-order valence-electron chi connectivity index (χ0n) is 20.4. The van der Waals surface area contributed by atoms with Gasteiger partial charge in [0.25, 0.3) is 11.8 Å². The Morgan fingerprint density at radius 1 is 1.08 bits per heavy atom. The van der Waals surface area contributed by atoms with Crippen LogP contribution in [-0.2, 0) is 4.79 Å². The Labute approximate surface area is 242 Å². The Hall–Kier alpha value is -3.59. The average molecular weight is 608 g/mol. The minimum atomic E-state index is -1.000. The molecule has 2 N–H and O–H groups in total. The molecule has 4 rings (SSSR count). The molecular formula is C23H20Cl2N8O4S2. The number of nitrogens with one attached hydrogen (secondary N) is 2. The quantitative estimate of drug-likeness (QED) is 0.223. The summed E-state index contributed by atoms with van der Waals surface area (Å²) in [6.45, 7) is 4.26. The van der Waals surface area contributed by atoms with Crippen LogP contribution in [0.4, 0.5) is 17.3 Å². The molecule has 1 aliphatic rings. The van der Waals surface area contributed by atoms with Crippen LogP contribution in [0.25, 0.3) is 0 Å². The SMILES string of the molecule is CCOc1cc(NC(=O)c2ccccc2)c(OCC)cc1N=NC1SC(=S)N(Nc2nc(Cl)nc(Cl)n2)C1=O. The van der Waals surface area contributed by atoms with Gasteiger partial charge >= 0.3 is 0 Å². The number of thiocarbonyl (C=S) groups is 1. The van der Waals surface area contributed by atoms with Crippen LogP contribution in [0.2, 0.25) is 10.6 Å². The first-order chi connectivity index (χ1) is 18.8. The maximum atomic E-state index is 13.0. The number of anilines is 2. The van der Waals surface area contributed by atoms with Gasteiger partial charge in [-0.2, -0.15) is 25.2 Å². The number of amides is 2. The Morgan fingerprint density at radius 2 is 1.74 bits per heavy atom. The summed E-state index contributed by atoms with van der Waals surface area (Å²) < 4.78 is 11.6. The van der Waals surface area contributed by atoms with Gasteiger partial charge in [-0.3, -0.25) is 15.0 Å². The molecule has 0 aliphatic carbocycles. The molecule has 3 aromatic rings. The number of benzene rings is 2. The lowest BCUT2D eigenvalue weighted by atomic mass is 10.2. The molecule has 2 aromatic carbocycles. The van der Waals surface area contributed by atoms with Crippen molar-refractivity contribution in [2.24, 2.45) is 10.2 Å². The molecule has 0 spiro atoms. The summed E-state index contributed by atoms with van der Waals surface area (Å²) in [5.74, 6) is -0.219. The van der Waals surface area contributed by atoms with Crippen molar-refractivity contribution >= 4 is 80.6 Å². The van der Waals surface area contributed by atoms with Crippen molar-refractivity contribution in [3.05, 3.63) is 58.6 Å². The number of carbonyl (C=O) groups excluding carboxylic acids is 2. The van der Waals surface area contributed by atoms with Gasteiger partial charge in [-0.25, -0.2) is 5.01 Å². The minimum Gasteiger partial charge on any atom is -0.492 e. The molecule has 1 fully saturated rings. The van der Waals surface area contributed by atoms with Crippen molar-refractivity contribution in [2.75, 3.05) is 24.0 Å². The van der Waals surface area contributed by atoms with Crippen LogP contribution in [-0.4, -0.2) is 54.7 Å². The molecule has 2 heterocycles. The van der Waals surface area contributed by atoms with Gasteiger partial charge in [-0.1, -0.05) is 42.2 Å². The van der Waals surface area contributed by atoms with E-state index >= 15 is 0 Å². The largest absolute Gasteiger partial charge is 0.492 e. The van der Waals surface area contributed by atoms with Crippen LogP contribution < -0.4 is 20.2 Å². The highest BCUT2D eigenvalue weighted by atomic mass is 35.5. The molecule has 39 heavy (non-hydrogen) atoms. The van der Waals surface area contributed by atoms with Crippen LogP contribution in [0, 0.1) is 0 Å². The second-order valence-electron chi connectivity index (χ2n) is 7.44. The number of aromatic nitrogens is 3. The second kappa shape index (κ2) is 13.0. The third-order valence-electron chi connectivity index (χ3n) is 4.83. The number of carbonyl (C=O) groups is 2.